The minimum Gasteiger partial charge on any atom is -0.398 e. The normalized spacial score (nSPS) is 12.5. The average molecular weight is 398 g/mol. The number of halogens is 3. The zero-order valence-corrected chi connectivity index (χ0v) is 14.8. The van der Waals surface area contributed by atoms with Gasteiger partial charge in [0.05, 0.1) is 22.8 Å². The second-order valence-corrected chi connectivity index (χ2v) is 7.51. The van der Waals surface area contributed by atoms with E-state index in [1.807, 2.05) is 0 Å². The number of thiophene rings is 1. The number of hydrogen-bond donors (Lipinski definition) is 1. The summed E-state index contributed by atoms with van der Waals surface area (Å²) in [6.45, 7) is 3.68. The molecule has 2 aromatic rings. The van der Waals surface area contributed by atoms with Gasteiger partial charge in [-0.1, -0.05) is 12.1 Å². The summed E-state index contributed by atoms with van der Waals surface area (Å²) < 4.78 is 40.7. The van der Waals surface area contributed by atoms with Crippen LogP contribution in [0.15, 0.2) is 22.7 Å². The highest BCUT2D eigenvalue weighted by Crippen LogP contribution is 2.63. The molecule has 0 saturated carbocycles. The number of fused-ring (bicyclic) bond motifs is 1. The fourth-order valence-corrected chi connectivity index (χ4v) is 5.43. The highest BCUT2D eigenvalue weighted by atomic mass is 79.9. The summed E-state index contributed by atoms with van der Waals surface area (Å²) in [6.07, 6.45) is 0. The predicted octanol–water partition coefficient (Wildman–Crippen LogP) is 5.68. The average Bonchev–Trinajstić information content (AvgIpc) is 2.78. The Morgan fingerprint density at radius 2 is 1.90 bits per heavy atom. The van der Waals surface area contributed by atoms with Gasteiger partial charge in [0.1, 0.15) is 0 Å². The van der Waals surface area contributed by atoms with Gasteiger partial charge in [0, 0.05) is 15.5 Å². The number of alkyl halides is 2. The number of benzene rings is 1. The van der Waals surface area contributed by atoms with Crippen molar-refractivity contribution in [3.63, 3.8) is 0 Å². The molecule has 0 unspecified atom stereocenters. The summed E-state index contributed by atoms with van der Waals surface area (Å²) in [6, 6.07) is 5.20. The van der Waals surface area contributed by atoms with Crippen LogP contribution < -0.4 is 5.73 Å². The molecule has 3 nitrogen and oxygen atoms in total. The van der Waals surface area contributed by atoms with E-state index in [9.17, 15) is 8.78 Å². The van der Waals surface area contributed by atoms with E-state index in [1.165, 1.54) is 0 Å². The SMILES string of the molecule is CCOP(OCC)C(F)(F)c1sc2c(N)cccc2c1Br. The first kappa shape index (κ1) is 17.0. The quantitative estimate of drug-likeness (QED) is 0.503. The largest absolute Gasteiger partial charge is 0.398 e. The van der Waals surface area contributed by atoms with Crippen molar-refractivity contribution in [2.75, 3.05) is 18.9 Å². The van der Waals surface area contributed by atoms with E-state index in [2.05, 4.69) is 15.9 Å². The molecular weight excluding hydrogens is 383 g/mol. The predicted molar refractivity (Wildman–Crippen MR) is 88.0 cm³/mol. The second-order valence-electron chi connectivity index (χ2n) is 4.10. The smallest absolute Gasteiger partial charge is 0.349 e. The molecule has 0 bridgehead atoms. The van der Waals surface area contributed by atoms with Gasteiger partial charge in [-0.3, -0.25) is 0 Å². The first-order valence-electron chi connectivity index (χ1n) is 6.34. The first-order valence-corrected chi connectivity index (χ1v) is 9.13. The van der Waals surface area contributed by atoms with Gasteiger partial charge in [-0.05, 0) is 35.8 Å². The fraction of sp³-hybridized carbons (Fsp3) is 0.385. The third kappa shape index (κ3) is 3.22. The van der Waals surface area contributed by atoms with Gasteiger partial charge in [-0.2, -0.15) is 8.78 Å². The molecule has 1 heterocycles. The Morgan fingerprint density at radius 1 is 1.29 bits per heavy atom. The van der Waals surface area contributed by atoms with Gasteiger partial charge in [0.25, 0.3) is 8.38 Å². The summed E-state index contributed by atoms with van der Waals surface area (Å²) in [5, 5.41) is 0.678. The molecule has 0 radical (unpaired) electrons. The minimum atomic E-state index is -3.20. The van der Waals surface area contributed by atoms with Crippen LogP contribution in [-0.2, 0) is 14.7 Å². The summed E-state index contributed by atoms with van der Waals surface area (Å²) in [7, 11) is -2.34. The number of rotatable bonds is 6. The molecule has 2 rings (SSSR count). The monoisotopic (exact) mass is 397 g/mol. The van der Waals surface area contributed by atoms with Crippen molar-refractivity contribution in [2.45, 2.75) is 19.5 Å². The molecule has 0 aliphatic rings. The highest BCUT2D eigenvalue weighted by Gasteiger charge is 2.48. The van der Waals surface area contributed by atoms with E-state index >= 15 is 0 Å². The van der Waals surface area contributed by atoms with Crippen LogP contribution in [0.5, 0.6) is 0 Å². The molecule has 0 spiro atoms. The number of nitrogens with two attached hydrogens (primary N) is 1. The summed E-state index contributed by atoms with van der Waals surface area (Å²) >= 11 is 4.24. The Bertz CT molecular complexity index is 632. The van der Waals surface area contributed by atoms with E-state index in [1.54, 1.807) is 32.0 Å². The molecule has 0 fully saturated rings. The van der Waals surface area contributed by atoms with Crippen LogP contribution in [0.2, 0.25) is 0 Å². The lowest BCUT2D eigenvalue weighted by Crippen LogP contribution is -2.13. The van der Waals surface area contributed by atoms with Crippen molar-refractivity contribution in [1.29, 1.82) is 0 Å². The molecule has 0 aliphatic carbocycles. The van der Waals surface area contributed by atoms with Crippen molar-refractivity contribution in [1.82, 2.24) is 0 Å². The van der Waals surface area contributed by atoms with Gasteiger partial charge in [0.15, 0.2) is 0 Å². The van der Waals surface area contributed by atoms with Crippen LogP contribution in [0.4, 0.5) is 14.5 Å². The molecule has 0 saturated heterocycles. The molecule has 1 aromatic carbocycles. The number of anilines is 1. The van der Waals surface area contributed by atoms with E-state index in [0.29, 0.717) is 20.2 Å². The molecule has 0 aliphatic heterocycles. The van der Waals surface area contributed by atoms with Crippen molar-refractivity contribution < 1.29 is 17.8 Å². The molecular formula is C13H15BrF2NO2PS. The third-order valence-electron chi connectivity index (χ3n) is 2.68. The Kier molecular flexibility index (Phi) is 5.54. The Morgan fingerprint density at radius 3 is 2.43 bits per heavy atom. The summed E-state index contributed by atoms with van der Waals surface area (Å²) in [4.78, 5) is -0.108. The zero-order chi connectivity index (χ0) is 15.6. The van der Waals surface area contributed by atoms with Crippen molar-refractivity contribution in [3.8, 4) is 0 Å². The fourth-order valence-electron chi connectivity index (χ4n) is 1.82. The number of hydrogen-bond acceptors (Lipinski definition) is 4. The lowest BCUT2D eigenvalue weighted by atomic mass is 10.2. The third-order valence-corrected chi connectivity index (χ3v) is 6.91. The Labute approximate surface area is 135 Å². The van der Waals surface area contributed by atoms with E-state index in [-0.39, 0.29) is 18.1 Å². The van der Waals surface area contributed by atoms with Gasteiger partial charge in [0.2, 0.25) is 0 Å². The lowest BCUT2D eigenvalue weighted by molar-refractivity contribution is 0.0600. The highest BCUT2D eigenvalue weighted by molar-refractivity contribution is 9.10. The van der Waals surface area contributed by atoms with E-state index < -0.39 is 14.0 Å². The molecule has 116 valence electrons. The van der Waals surface area contributed by atoms with Crippen LogP contribution in [0.1, 0.15) is 18.7 Å². The topological polar surface area (TPSA) is 44.5 Å². The van der Waals surface area contributed by atoms with E-state index in [0.717, 1.165) is 11.3 Å². The molecule has 8 heteroatoms. The van der Waals surface area contributed by atoms with Crippen LogP contribution in [0, 0.1) is 0 Å². The first-order chi connectivity index (χ1) is 9.93. The van der Waals surface area contributed by atoms with Gasteiger partial charge < -0.3 is 14.8 Å². The molecule has 0 amide bonds. The van der Waals surface area contributed by atoms with Gasteiger partial charge in [-0.25, -0.2) is 0 Å². The van der Waals surface area contributed by atoms with Gasteiger partial charge in [-0.15, -0.1) is 11.3 Å². The Hall–Kier alpha value is -0.330. The number of nitrogen functional groups attached to an aromatic ring is 1. The van der Waals surface area contributed by atoms with Crippen LogP contribution >= 0.6 is 35.6 Å². The van der Waals surface area contributed by atoms with E-state index in [4.69, 9.17) is 14.8 Å². The molecule has 21 heavy (non-hydrogen) atoms. The van der Waals surface area contributed by atoms with Crippen molar-refractivity contribution in [3.05, 3.63) is 27.5 Å². The standard InChI is InChI=1S/C13H15BrF2NO2PS/c1-3-18-20(19-4-2)13(15,16)12-10(14)8-6-5-7-9(17)11(8)21-12/h5-7H,3-4,17H2,1-2H3. The molecule has 0 atom stereocenters. The maximum atomic E-state index is 14.7. The van der Waals surface area contributed by atoms with Crippen molar-refractivity contribution >= 4 is 51.4 Å². The van der Waals surface area contributed by atoms with Crippen molar-refractivity contribution in [2.24, 2.45) is 0 Å². The zero-order valence-electron chi connectivity index (χ0n) is 11.5. The maximum absolute atomic E-state index is 14.7. The molecule has 2 N–H and O–H groups in total. The minimum absolute atomic E-state index is 0.108. The second kappa shape index (κ2) is 6.84. The maximum Gasteiger partial charge on any atom is 0.349 e. The Balaban J connectivity index is 2.52. The van der Waals surface area contributed by atoms with Gasteiger partial charge >= 0.3 is 5.66 Å². The van der Waals surface area contributed by atoms with Crippen LogP contribution in [-0.4, -0.2) is 13.2 Å². The van der Waals surface area contributed by atoms with Crippen LogP contribution in [0.3, 0.4) is 0 Å². The van der Waals surface area contributed by atoms with Crippen LogP contribution in [0.25, 0.3) is 10.1 Å². The lowest BCUT2D eigenvalue weighted by Gasteiger charge is -2.24. The summed E-state index contributed by atoms with van der Waals surface area (Å²) in [5.41, 5.74) is 3.15. The summed E-state index contributed by atoms with van der Waals surface area (Å²) in [5.74, 6) is 0. The molecule has 1 aromatic heterocycles.